The molecule has 25 heavy (non-hydrogen) atoms. The Bertz CT molecular complexity index is 901. The molecular weight excluding hydrogens is 334 g/mol. The SMILES string of the molecule is Cc1ccc([C@@H]2C[C@@H]2C(=O)OCc2nnc(-c3ccccc3)n2C)s1. The summed E-state index contributed by atoms with van der Waals surface area (Å²) in [6.45, 7) is 2.24. The highest BCUT2D eigenvalue weighted by Crippen LogP contribution is 2.50. The maximum absolute atomic E-state index is 12.3. The molecule has 4 rings (SSSR count). The molecule has 0 saturated heterocycles. The van der Waals surface area contributed by atoms with Crippen molar-refractivity contribution < 1.29 is 9.53 Å². The Balaban J connectivity index is 1.38. The molecule has 0 unspecified atom stereocenters. The number of hydrogen-bond acceptors (Lipinski definition) is 5. The van der Waals surface area contributed by atoms with Crippen molar-refractivity contribution in [3.8, 4) is 11.4 Å². The number of carbonyl (C=O) groups is 1. The molecule has 0 aliphatic heterocycles. The first kappa shape index (κ1) is 16.0. The molecule has 0 spiro atoms. The smallest absolute Gasteiger partial charge is 0.310 e. The predicted molar refractivity (Wildman–Crippen MR) is 96.1 cm³/mol. The first-order valence-corrected chi connectivity index (χ1v) is 9.12. The summed E-state index contributed by atoms with van der Waals surface area (Å²) in [6, 6.07) is 14.1. The van der Waals surface area contributed by atoms with Crippen molar-refractivity contribution in [2.75, 3.05) is 0 Å². The van der Waals surface area contributed by atoms with Crippen molar-refractivity contribution in [1.82, 2.24) is 14.8 Å². The van der Waals surface area contributed by atoms with E-state index in [1.54, 1.807) is 11.3 Å². The number of aryl methyl sites for hydroxylation is 1. The molecule has 1 fully saturated rings. The van der Waals surface area contributed by atoms with Gasteiger partial charge in [-0.15, -0.1) is 21.5 Å². The van der Waals surface area contributed by atoms with Crippen LogP contribution in [0.4, 0.5) is 0 Å². The monoisotopic (exact) mass is 353 g/mol. The number of aromatic nitrogens is 3. The van der Waals surface area contributed by atoms with Gasteiger partial charge in [-0.2, -0.15) is 0 Å². The molecule has 1 aliphatic rings. The molecule has 1 aromatic carbocycles. The minimum Gasteiger partial charge on any atom is -0.457 e. The topological polar surface area (TPSA) is 57.0 Å². The number of esters is 1. The summed E-state index contributed by atoms with van der Waals surface area (Å²) in [5, 5.41) is 8.38. The molecule has 1 aliphatic carbocycles. The first-order valence-electron chi connectivity index (χ1n) is 8.30. The molecule has 1 saturated carbocycles. The Kier molecular flexibility index (Phi) is 4.13. The molecule has 2 atom stereocenters. The van der Waals surface area contributed by atoms with Crippen LogP contribution in [-0.2, 0) is 23.2 Å². The second-order valence-electron chi connectivity index (χ2n) is 6.37. The number of thiophene rings is 1. The Morgan fingerprint density at radius 3 is 2.76 bits per heavy atom. The average molecular weight is 353 g/mol. The van der Waals surface area contributed by atoms with Crippen molar-refractivity contribution in [2.24, 2.45) is 13.0 Å². The molecule has 128 valence electrons. The molecule has 0 N–H and O–H groups in total. The van der Waals surface area contributed by atoms with Crippen LogP contribution in [0.5, 0.6) is 0 Å². The first-order chi connectivity index (χ1) is 12.1. The molecular formula is C19H19N3O2S. The van der Waals surface area contributed by atoms with E-state index >= 15 is 0 Å². The highest BCUT2D eigenvalue weighted by Gasteiger charge is 2.46. The van der Waals surface area contributed by atoms with Gasteiger partial charge < -0.3 is 9.30 Å². The van der Waals surface area contributed by atoms with E-state index < -0.39 is 0 Å². The van der Waals surface area contributed by atoms with Crippen molar-refractivity contribution in [2.45, 2.75) is 25.9 Å². The molecule has 5 nitrogen and oxygen atoms in total. The van der Waals surface area contributed by atoms with E-state index in [-0.39, 0.29) is 18.5 Å². The van der Waals surface area contributed by atoms with Crippen LogP contribution < -0.4 is 0 Å². The normalized spacial score (nSPS) is 19.0. The summed E-state index contributed by atoms with van der Waals surface area (Å²) >= 11 is 1.76. The number of carbonyl (C=O) groups excluding carboxylic acids is 1. The Morgan fingerprint density at radius 2 is 2.04 bits per heavy atom. The largest absolute Gasteiger partial charge is 0.457 e. The van der Waals surface area contributed by atoms with Gasteiger partial charge in [0.05, 0.1) is 5.92 Å². The standard InChI is InChI=1S/C19H19N3O2S/c1-12-8-9-16(25-12)14-10-15(14)19(23)24-11-17-20-21-18(22(17)2)13-6-4-3-5-7-13/h3-9,14-15H,10-11H2,1-2H3/t14-,15+/m1/s1. The lowest BCUT2D eigenvalue weighted by molar-refractivity contribution is -0.146. The van der Waals surface area contributed by atoms with Gasteiger partial charge in [-0.25, -0.2) is 0 Å². The highest BCUT2D eigenvalue weighted by molar-refractivity contribution is 7.12. The van der Waals surface area contributed by atoms with Crippen molar-refractivity contribution in [1.29, 1.82) is 0 Å². The molecule has 0 radical (unpaired) electrons. The zero-order valence-electron chi connectivity index (χ0n) is 14.2. The van der Waals surface area contributed by atoms with Crippen molar-refractivity contribution in [3.63, 3.8) is 0 Å². The lowest BCUT2D eigenvalue weighted by Crippen LogP contribution is -2.10. The minimum absolute atomic E-state index is 0.0140. The molecule has 2 aromatic heterocycles. The number of benzene rings is 1. The molecule has 0 amide bonds. The van der Waals surface area contributed by atoms with Gasteiger partial charge in [-0.05, 0) is 25.5 Å². The van der Waals surface area contributed by atoms with Gasteiger partial charge >= 0.3 is 5.97 Å². The maximum Gasteiger partial charge on any atom is 0.310 e. The van der Waals surface area contributed by atoms with Gasteiger partial charge in [0.2, 0.25) is 0 Å². The third kappa shape index (κ3) is 3.22. The summed E-state index contributed by atoms with van der Waals surface area (Å²) in [6.07, 6.45) is 0.882. The molecule has 6 heteroatoms. The van der Waals surface area contributed by atoms with Gasteiger partial charge in [0.1, 0.15) is 0 Å². The lowest BCUT2D eigenvalue weighted by atomic mass is 10.2. The Morgan fingerprint density at radius 1 is 1.24 bits per heavy atom. The molecule has 0 bridgehead atoms. The fraction of sp³-hybridized carbons (Fsp3) is 0.316. The zero-order valence-corrected chi connectivity index (χ0v) is 15.0. The third-order valence-corrected chi connectivity index (χ3v) is 5.69. The number of hydrogen-bond donors (Lipinski definition) is 0. The fourth-order valence-corrected chi connectivity index (χ4v) is 4.05. The minimum atomic E-state index is -0.139. The van der Waals surface area contributed by atoms with Crippen LogP contribution in [0.3, 0.4) is 0 Å². The maximum atomic E-state index is 12.3. The van der Waals surface area contributed by atoms with Crippen LogP contribution in [0, 0.1) is 12.8 Å². The quantitative estimate of drug-likeness (QED) is 0.656. The van der Waals surface area contributed by atoms with Crippen molar-refractivity contribution >= 4 is 17.3 Å². The highest BCUT2D eigenvalue weighted by atomic mass is 32.1. The predicted octanol–water partition coefficient (Wildman–Crippen LogP) is 3.70. The zero-order chi connectivity index (χ0) is 17.4. The van der Waals surface area contributed by atoms with Gasteiger partial charge in [-0.3, -0.25) is 4.79 Å². The van der Waals surface area contributed by atoms with Gasteiger partial charge in [0, 0.05) is 28.3 Å². The van der Waals surface area contributed by atoms with Crippen LogP contribution >= 0.6 is 11.3 Å². The summed E-state index contributed by atoms with van der Waals surface area (Å²) in [7, 11) is 1.89. The average Bonchev–Trinajstić information content (AvgIpc) is 3.18. The van der Waals surface area contributed by atoms with E-state index in [1.165, 1.54) is 9.75 Å². The lowest BCUT2D eigenvalue weighted by Gasteiger charge is -2.05. The number of ether oxygens (including phenoxy) is 1. The van der Waals surface area contributed by atoms with Gasteiger partial charge in [0.25, 0.3) is 0 Å². The van der Waals surface area contributed by atoms with Crippen LogP contribution in [0.2, 0.25) is 0 Å². The molecule has 3 aromatic rings. The third-order valence-electron chi connectivity index (χ3n) is 4.56. The fourth-order valence-electron chi connectivity index (χ4n) is 2.99. The van der Waals surface area contributed by atoms with E-state index in [1.807, 2.05) is 41.9 Å². The number of nitrogens with zero attached hydrogens (tertiary/aromatic N) is 3. The number of rotatable bonds is 5. The van der Waals surface area contributed by atoms with E-state index in [4.69, 9.17) is 4.74 Å². The Hall–Kier alpha value is -2.47. The summed E-state index contributed by atoms with van der Waals surface area (Å²) in [5.41, 5.74) is 0.991. The molecule has 2 heterocycles. The van der Waals surface area contributed by atoms with Gasteiger partial charge in [0.15, 0.2) is 18.3 Å². The van der Waals surface area contributed by atoms with Gasteiger partial charge in [-0.1, -0.05) is 30.3 Å². The van der Waals surface area contributed by atoms with Crippen molar-refractivity contribution in [3.05, 3.63) is 58.0 Å². The van der Waals surface area contributed by atoms with E-state index in [2.05, 4.69) is 29.3 Å². The Labute approximate surface area is 150 Å². The summed E-state index contributed by atoms with van der Waals surface area (Å²) in [4.78, 5) is 14.8. The summed E-state index contributed by atoms with van der Waals surface area (Å²) < 4.78 is 7.35. The van der Waals surface area contributed by atoms with Crippen LogP contribution in [-0.4, -0.2) is 20.7 Å². The van der Waals surface area contributed by atoms with Crippen LogP contribution in [0.1, 0.15) is 27.9 Å². The van der Waals surface area contributed by atoms with E-state index in [0.29, 0.717) is 11.7 Å². The van der Waals surface area contributed by atoms with Crippen LogP contribution in [0.15, 0.2) is 42.5 Å². The second-order valence-corrected chi connectivity index (χ2v) is 7.69. The van der Waals surface area contributed by atoms with E-state index in [0.717, 1.165) is 17.8 Å². The van der Waals surface area contributed by atoms with E-state index in [9.17, 15) is 4.79 Å². The summed E-state index contributed by atoms with van der Waals surface area (Å²) in [5.74, 6) is 1.59. The second kappa shape index (κ2) is 6.44. The van der Waals surface area contributed by atoms with Crippen LogP contribution in [0.25, 0.3) is 11.4 Å².